The molecule has 1 aliphatic carbocycles. The molecule has 1 saturated carbocycles. The summed E-state index contributed by atoms with van der Waals surface area (Å²) in [6.45, 7) is 3.86. The highest BCUT2D eigenvalue weighted by Gasteiger charge is 2.25. The van der Waals surface area contributed by atoms with Crippen LogP contribution in [0.1, 0.15) is 33.1 Å². The largest absolute Gasteiger partial charge is 0.479 e. The van der Waals surface area contributed by atoms with Crippen molar-refractivity contribution in [3.05, 3.63) is 0 Å². The lowest BCUT2D eigenvalue weighted by molar-refractivity contribution is -0.144. The van der Waals surface area contributed by atoms with Gasteiger partial charge in [0.05, 0.1) is 0 Å². The van der Waals surface area contributed by atoms with Crippen LogP contribution in [0.5, 0.6) is 0 Å². The monoisotopic (exact) mass is 244 g/mol. The fourth-order valence-corrected chi connectivity index (χ4v) is 2.06. The van der Waals surface area contributed by atoms with Gasteiger partial charge >= 0.3 is 12.0 Å². The first-order valence-corrected chi connectivity index (χ1v) is 5.89. The van der Waals surface area contributed by atoms with Gasteiger partial charge in [0.1, 0.15) is 0 Å². The smallest absolute Gasteiger partial charge is 0.338 e. The minimum absolute atomic E-state index is 0.148. The lowest BCUT2D eigenvalue weighted by Crippen LogP contribution is -2.45. The Morgan fingerprint density at radius 1 is 1.29 bits per heavy atom. The van der Waals surface area contributed by atoms with Gasteiger partial charge in [0.25, 0.3) is 0 Å². The summed E-state index contributed by atoms with van der Waals surface area (Å²) in [5.74, 6) is 0.166. The van der Waals surface area contributed by atoms with E-state index in [1.807, 2.05) is 0 Å². The van der Waals surface area contributed by atoms with Crippen LogP contribution in [0.25, 0.3) is 0 Å². The molecular formula is C11H20N2O4. The minimum atomic E-state index is -1.12. The van der Waals surface area contributed by atoms with E-state index in [2.05, 4.69) is 29.5 Å². The van der Waals surface area contributed by atoms with Gasteiger partial charge in [-0.2, -0.15) is 0 Å². The predicted octanol–water partition coefficient (Wildman–Crippen LogP) is 1.13. The number of carbonyl (C=O) groups excluding carboxylic acids is 1. The highest BCUT2D eigenvalue weighted by Crippen LogP contribution is 2.29. The van der Waals surface area contributed by atoms with Crippen LogP contribution in [-0.4, -0.2) is 29.8 Å². The van der Waals surface area contributed by atoms with E-state index >= 15 is 0 Å². The number of urea groups is 1. The van der Waals surface area contributed by atoms with Crippen molar-refractivity contribution < 1.29 is 19.5 Å². The van der Waals surface area contributed by atoms with Crippen LogP contribution in [-0.2, 0) is 9.63 Å². The molecule has 0 radical (unpaired) electrons. The van der Waals surface area contributed by atoms with Gasteiger partial charge in [-0.25, -0.2) is 15.1 Å². The number of hydrogen-bond donors (Lipinski definition) is 3. The second-order valence-corrected chi connectivity index (χ2v) is 4.72. The Labute approximate surface area is 101 Å². The van der Waals surface area contributed by atoms with E-state index in [9.17, 15) is 9.59 Å². The molecule has 1 fully saturated rings. The van der Waals surface area contributed by atoms with E-state index in [-0.39, 0.29) is 6.04 Å². The van der Waals surface area contributed by atoms with Crippen molar-refractivity contribution in [2.75, 3.05) is 6.61 Å². The van der Waals surface area contributed by atoms with Crippen molar-refractivity contribution in [2.24, 2.45) is 11.8 Å². The normalized spacial score (nSPS) is 28.5. The van der Waals surface area contributed by atoms with Crippen molar-refractivity contribution in [1.82, 2.24) is 10.8 Å². The van der Waals surface area contributed by atoms with Gasteiger partial charge in [0.15, 0.2) is 6.61 Å². The highest BCUT2D eigenvalue weighted by atomic mass is 16.7. The van der Waals surface area contributed by atoms with E-state index in [1.54, 1.807) is 0 Å². The van der Waals surface area contributed by atoms with Crippen LogP contribution >= 0.6 is 0 Å². The summed E-state index contributed by atoms with van der Waals surface area (Å²) in [7, 11) is 0. The number of rotatable bonds is 4. The zero-order valence-corrected chi connectivity index (χ0v) is 10.2. The highest BCUT2D eigenvalue weighted by molar-refractivity contribution is 5.73. The van der Waals surface area contributed by atoms with Crippen LogP contribution in [0.3, 0.4) is 0 Å². The fraction of sp³-hybridized carbons (Fsp3) is 0.818. The number of carbonyl (C=O) groups is 2. The van der Waals surface area contributed by atoms with Gasteiger partial charge in [0.2, 0.25) is 0 Å². The molecule has 0 aromatic heterocycles. The molecule has 1 aliphatic rings. The molecule has 0 heterocycles. The first kappa shape index (κ1) is 13.8. The maximum absolute atomic E-state index is 11.3. The Hall–Kier alpha value is -1.30. The van der Waals surface area contributed by atoms with Crippen molar-refractivity contribution in [3.8, 4) is 0 Å². The van der Waals surface area contributed by atoms with E-state index in [1.165, 1.54) is 0 Å². The summed E-state index contributed by atoms with van der Waals surface area (Å²) in [5.41, 5.74) is 2.06. The number of nitrogens with one attached hydrogen (secondary N) is 2. The summed E-state index contributed by atoms with van der Waals surface area (Å²) in [6, 6.07) is -0.326. The number of carboxylic acid groups (broad SMARTS) is 1. The van der Waals surface area contributed by atoms with Gasteiger partial charge in [-0.05, 0) is 31.1 Å². The van der Waals surface area contributed by atoms with Gasteiger partial charge in [-0.15, -0.1) is 0 Å². The van der Waals surface area contributed by atoms with Crippen LogP contribution < -0.4 is 10.8 Å². The van der Waals surface area contributed by atoms with Gasteiger partial charge < -0.3 is 10.4 Å². The van der Waals surface area contributed by atoms with Crippen LogP contribution in [0.4, 0.5) is 4.79 Å². The first-order chi connectivity index (χ1) is 7.99. The average Bonchev–Trinajstić information content (AvgIpc) is 2.23. The van der Waals surface area contributed by atoms with Crippen LogP contribution in [0, 0.1) is 11.8 Å². The summed E-state index contributed by atoms with van der Waals surface area (Å²) < 4.78 is 0. The van der Waals surface area contributed by atoms with E-state index < -0.39 is 18.6 Å². The predicted molar refractivity (Wildman–Crippen MR) is 61.2 cm³/mol. The Balaban J connectivity index is 2.20. The lowest BCUT2D eigenvalue weighted by atomic mass is 9.79. The second kappa shape index (κ2) is 6.44. The molecule has 0 aromatic rings. The summed E-state index contributed by atoms with van der Waals surface area (Å²) in [6.07, 6.45) is 3.01. The molecule has 1 rings (SSSR count). The fourth-order valence-electron chi connectivity index (χ4n) is 2.06. The average molecular weight is 244 g/mol. The molecule has 0 saturated heterocycles. The summed E-state index contributed by atoms with van der Waals surface area (Å²) in [4.78, 5) is 26.0. The number of hydroxylamine groups is 1. The summed E-state index contributed by atoms with van der Waals surface area (Å²) in [5, 5.41) is 11.1. The molecule has 3 unspecified atom stereocenters. The van der Waals surface area contributed by atoms with E-state index in [0.717, 1.165) is 19.3 Å². The van der Waals surface area contributed by atoms with Crippen molar-refractivity contribution >= 4 is 12.0 Å². The Morgan fingerprint density at radius 3 is 2.59 bits per heavy atom. The molecule has 0 aliphatic heterocycles. The number of hydrogen-bond acceptors (Lipinski definition) is 3. The van der Waals surface area contributed by atoms with Gasteiger partial charge in [-0.3, -0.25) is 4.84 Å². The maximum Gasteiger partial charge on any atom is 0.338 e. The van der Waals surface area contributed by atoms with Crippen molar-refractivity contribution in [1.29, 1.82) is 0 Å². The van der Waals surface area contributed by atoms with Crippen LogP contribution in [0.15, 0.2) is 0 Å². The molecule has 17 heavy (non-hydrogen) atoms. The number of aliphatic carboxylic acids is 1. The summed E-state index contributed by atoms with van der Waals surface area (Å²) >= 11 is 0. The molecular weight excluding hydrogens is 224 g/mol. The molecule has 0 spiro atoms. The molecule has 6 heteroatoms. The standard InChI is InChI=1S/C11H20N2O4/c1-7-3-4-9(5-8(7)2)12-11(16)13-17-6-10(14)15/h7-9H,3-6H2,1-2H3,(H,14,15)(H2,12,13,16). The van der Waals surface area contributed by atoms with Crippen molar-refractivity contribution in [2.45, 2.75) is 39.2 Å². The molecule has 2 amide bonds. The lowest BCUT2D eigenvalue weighted by Gasteiger charge is -2.32. The Bertz CT molecular complexity index is 283. The van der Waals surface area contributed by atoms with Gasteiger partial charge in [-0.1, -0.05) is 13.8 Å². The quantitative estimate of drug-likeness (QED) is 0.647. The van der Waals surface area contributed by atoms with Gasteiger partial charge in [0, 0.05) is 6.04 Å². The zero-order chi connectivity index (χ0) is 12.8. The third kappa shape index (κ3) is 5.04. The van der Waals surface area contributed by atoms with Crippen molar-refractivity contribution in [3.63, 3.8) is 0 Å². The second-order valence-electron chi connectivity index (χ2n) is 4.72. The zero-order valence-electron chi connectivity index (χ0n) is 10.2. The van der Waals surface area contributed by atoms with Crippen LogP contribution in [0.2, 0.25) is 0 Å². The SMILES string of the molecule is CC1CCC(NC(=O)NOCC(=O)O)CC1C. The minimum Gasteiger partial charge on any atom is -0.479 e. The molecule has 0 aromatic carbocycles. The van der Waals surface area contributed by atoms with E-state index in [0.29, 0.717) is 11.8 Å². The third-order valence-corrected chi connectivity index (χ3v) is 3.29. The third-order valence-electron chi connectivity index (χ3n) is 3.29. The topological polar surface area (TPSA) is 87.7 Å². The first-order valence-electron chi connectivity index (χ1n) is 5.89. The van der Waals surface area contributed by atoms with E-state index in [4.69, 9.17) is 5.11 Å². The maximum atomic E-state index is 11.3. The number of carboxylic acids is 1. The number of amides is 2. The molecule has 0 bridgehead atoms. The Morgan fingerprint density at radius 2 is 2.00 bits per heavy atom. The molecule has 6 nitrogen and oxygen atoms in total. The Kier molecular flexibility index (Phi) is 5.21. The molecule has 3 N–H and O–H groups in total. The molecule has 3 atom stereocenters. The molecule has 98 valence electrons.